The quantitative estimate of drug-likeness (QED) is 0.816. The van der Waals surface area contributed by atoms with Crippen molar-refractivity contribution in [2.75, 3.05) is 5.73 Å². The van der Waals surface area contributed by atoms with Crippen molar-refractivity contribution >= 4 is 11.6 Å². The fraction of sp³-hybridized carbons (Fsp3) is 0.650. The highest BCUT2D eigenvalue weighted by atomic mass is 16.5. The Morgan fingerprint density at radius 1 is 1.29 bits per heavy atom. The maximum Gasteiger partial charge on any atom is 0.223 e. The predicted molar refractivity (Wildman–Crippen MR) is 96.8 cm³/mol. The third kappa shape index (κ3) is 3.68. The van der Waals surface area contributed by atoms with Crippen LogP contribution in [0.2, 0.25) is 0 Å². The van der Waals surface area contributed by atoms with Crippen molar-refractivity contribution in [2.45, 2.75) is 70.9 Å². The topological polar surface area (TPSA) is 64.3 Å². The number of nitrogens with one attached hydrogen (secondary N) is 1. The zero-order chi connectivity index (χ0) is 17.3. The Balaban J connectivity index is 1.72. The number of fused-ring (bicyclic) bond motifs is 1. The summed E-state index contributed by atoms with van der Waals surface area (Å²) in [7, 11) is 0. The molecule has 132 valence electrons. The van der Waals surface area contributed by atoms with E-state index < -0.39 is 0 Å². The van der Waals surface area contributed by atoms with Gasteiger partial charge in [0, 0.05) is 23.6 Å². The monoisotopic (exact) mass is 330 g/mol. The molecule has 2 aliphatic rings. The summed E-state index contributed by atoms with van der Waals surface area (Å²) in [5.41, 5.74) is 7.37. The van der Waals surface area contributed by atoms with E-state index in [2.05, 4.69) is 26.1 Å². The van der Waals surface area contributed by atoms with Gasteiger partial charge < -0.3 is 15.8 Å². The molecule has 0 aromatic heterocycles. The van der Waals surface area contributed by atoms with Crippen molar-refractivity contribution in [1.29, 1.82) is 0 Å². The molecule has 3 rings (SSSR count). The van der Waals surface area contributed by atoms with E-state index in [1.165, 1.54) is 19.3 Å². The lowest BCUT2D eigenvalue weighted by atomic mass is 9.80. The van der Waals surface area contributed by atoms with Crippen molar-refractivity contribution in [3.05, 3.63) is 23.8 Å². The largest absolute Gasteiger partial charge is 0.487 e. The zero-order valence-electron chi connectivity index (χ0n) is 15.1. The first-order valence-electron chi connectivity index (χ1n) is 9.27. The van der Waals surface area contributed by atoms with Gasteiger partial charge in [-0.05, 0) is 63.6 Å². The normalized spacial score (nSPS) is 28.5. The molecular weight excluding hydrogens is 300 g/mol. The molecule has 1 aromatic carbocycles. The van der Waals surface area contributed by atoms with E-state index in [4.69, 9.17) is 10.5 Å². The molecule has 4 nitrogen and oxygen atoms in total. The van der Waals surface area contributed by atoms with Crippen LogP contribution >= 0.6 is 0 Å². The van der Waals surface area contributed by atoms with Crippen LogP contribution in [-0.2, 0) is 4.79 Å². The van der Waals surface area contributed by atoms with Crippen LogP contribution in [0, 0.1) is 11.8 Å². The number of anilines is 1. The molecular formula is C20H30N2O2. The van der Waals surface area contributed by atoms with E-state index in [-0.39, 0.29) is 23.5 Å². The number of nitrogen functional groups attached to an aromatic ring is 1. The molecule has 0 bridgehead atoms. The van der Waals surface area contributed by atoms with Gasteiger partial charge in [-0.1, -0.05) is 13.3 Å². The number of nitrogens with two attached hydrogens (primary N) is 1. The Kier molecular flexibility index (Phi) is 4.75. The molecule has 1 amide bonds. The molecule has 1 unspecified atom stereocenters. The summed E-state index contributed by atoms with van der Waals surface area (Å²) in [4.78, 5) is 12.8. The summed E-state index contributed by atoms with van der Waals surface area (Å²) in [5, 5.41) is 3.29. The number of benzene rings is 1. The summed E-state index contributed by atoms with van der Waals surface area (Å²) in [6.45, 7) is 6.38. The van der Waals surface area contributed by atoms with E-state index in [9.17, 15) is 4.79 Å². The summed E-state index contributed by atoms with van der Waals surface area (Å²) >= 11 is 0. The highest BCUT2D eigenvalue weighted by Crippen LogP contribution is 2.41. The number of hydrogen-bond acceptors (Lipinski definition) is 3. The van der Waals surface area contributed by atoms with E-state index in [0.29, 0.717) is 5.69 Å². The summed E-state index contributed by atoms with van der Waals surface area (Å²) in [6.07, 6.45) is 6.38. The molecule has 1 aliphatic carbocycles. The van der Waals surface area contributed by atoms with Crippen molar-refractivity contribution in [2.24, 2.45) is 11.8 Å². The minimum atomic E-state index is -0.291. The third-order valence-electron chi connectivity index (χ3n) is 5.60. The predicted octanol–water partition coefficient (Wildman–Crippen LogP) is 4.20. The lowest BCUT2D eigenvalue weighted by molar-refractivity contribution is -0.127. The number of amides is 1. The van der Waals surface area contributed by atoms with E-state index >= 15 is 0 Å². The van der Waals surface area contributed by atoms with E-state index in [1.807, 2.05) is 18.2 Å². The average Bonchev–Trinajstić information content (AvgIpc) is 2.55. The van der Waals surface area contributed by atoms with Crippen LogP contribution in [0.25, 0.3) is 0 Å². The second kappa shape index (κ2) is 6.66. The van der Waals surface area contributed by atoms with Crippen LogP contribution in [0.15, 0.2) is 18.2 Å². The SMILES string of the molecule is CCC1CCC(C(=O)NC2CC(C)(C)Oc3ccc(N)cc32)CC1. The molecule has 1 aromatic rings. The Labute approximate surface area is 145 Å². The maximum absolute atomic E-state index is 12.8. The van der Waals surface area contributed by atoms with Crippen LogP contribution in [0.4, 0.5) is 5.69 Å². The molecule has 24 heavy (non-hydrogen) atoms. The number of ether oxygens (including phenoxy) is 1. The number of carbonyl (C=O) groups is 1. The average molecular weight is 330 g/mol. The Bertz CT molecular complexity index is 604. The standard InChI is InChI=1S/C20H30N2O2/c1-4-13-5-7-14(8-6-13)19(23)22-17-12-20(2,3)24-18-10-9-15(21)11-16(17)18/h9-11,13-14,17H,4-8,12,21H2,1-3H3,(H,22,23). The summed E-state index contributed by atoms with van der Waals surface area (Å²) in [5.74, 6) is 1.99. The first kappa shape index (κ1) is 17.1. The third-order valence-corrected chi connectivity index (χ3v) is 5.60. The summed E-state index contributed by atoms with van der Waals surface area (Å²) < 4.78 is 6.05. The molecule has 0 spiro atoms. The van der Waals surface area contributed by atoms with Crippen LogP contribution in [-0.4, -0.2) is 11.5 Å². The molecule has 1 saturated carbocycles. The molecule has 1 heterocycles. The molecule has 1 aliphatic heterocycles. The molecule has 1 fully saturated rings. The molecule has 0 radical (unpaired) electrons. The van der Waals surface area contributed by atoms with E-state index in [1.54, 1.807) is 0 Å². The van der Waals surface area contributed by atoms with Gasteiger partial charge in [-0.3, -0.25) is 4.79 Å². The van der Waals surface area contributed by atoms with Crippen molar-refractivity contribution in [3.8, 4) is 5.75 Å². The second-order valence-electron chi connectivity index (χ2n) is 8.05. The number of hydrogen-bond donors (Lipinski definition) is 2. The zero-order valence-corrected chi connectivity index (χ0v) is 15.1. The Morgan fingerprint density at radius 3 is 2.67 bits per heavy atom. The molecule has 3 N–H and O–H groups in total. The van der Waals surface area contributed by atoms with E-state index in [0.717, 1.165) is 36.5 Å². The van der Waals surface area contributed by atoms with Gasteiger partial charge in [0.15, 0.2) is 0 Å². The first-order valence-corrected chi connectivity index (χ1v) is 9.27. The Morgan fingerprint density at radius 2 is 2.00 bits per heavy atom. The molecule has 0 saturated heterocycles. The van der Waals surface area contributed by atoms with Gasteiger partial charge >= 0.3 is 0 Å². The van der Waals surface area contributed by atoms with Crippen molar-refractivity contribution < 1.29 is 9.53 Å². The number of rotatable bonds is 3. The fourth-order valence-corrected chi connectivity index (χ4v) is 4.12. The maximum atomic E-state index is 12.8. The lowest BCUT2D eigenvalue weighted by Gasteiger charge is -2.39. The van der Waals surface area contributed by atoms with Crippen LogP contribution in [0.3, 0.4) is 0 Å². The second-order valence-corrected chi connectivity index (χ2v) is 8.05. The van der Waals surface area contributed by atoms with Gasteiger partial charge in [0.2, 0.25) is 5.91 Å². The fourth-order valence-electron chi connectivity index (χ4n) is 4.12. The lowest BCUT2D eigenvalue weighted by Crippen LogP contribution is -2.43. The Hall–Kier alpha value is -1.71. The van der Waals surface area contributed by atoms with Gasteiger partial charge in [-0.15, -0.1) is 0 Å². The molecule has 4 heteroatoms. The van der Waals surface area contributed by atoms with Crippen molar-refractivity contribution in [1.82, 2.24) is 5.32 Å². The van der Waals surface area contributed by atoms with Crippen molar-refractivity contribution in [3.63, 3.8) is 0 Å². The van der Waals surface area contributed by atoms with Gasteiger partial charge in [0.05, 0.1) is 6.04 Å². The minimum Gasteiger partial charge on any atom is -0.487 e. The van der Waals surface area contributed by atoms with Gasteiger partial charge in [-0.25, -0.2) is 0 Å². The van der Waals surface area contributed by atoms with Crippen LogP contribution in [0.5, 0.6) is 5.75 Å². The minimum absolute atomic E-state index is 0.0244. The van der Waals surface area contributed by atoms with Crippen LogP contribution in [0.1, 0.15) is 70.9 Å². The smallest absolute Gasteiger partial charge is 0.223 e. The van der Waals surface area contributed by atoms with Gasteiger partial charge in [0.25, 0.3) is 0 Å². The van der Waals surface area contributed by atoms with Gasteiger partial charge in [-0.2, -0.15) is 0 Å². The summed E-state index contributed by atoms with van der Waals surface area (Å²) in [6, 6.07) is 5.68. The highest BCUT2D eigenvalue weighted by molar-refractivity contribution is 5.79. The van der Waals surface area contributed by atoms with Gasteiger partial charge in [0.1, 0.15) is 11.4 Å². The first-order chi connectivity index (χ1) is 11.4. The number of carbonyl (C=O) groups excluding carboxylic acids is 1. The highest BCUT2D eigenvalue weighted by Gasteiger charge is 2.36. The van der Waals surface area contributed by atoms with Crippen LogP contribution < -0.4 is 15.8 Å². The molecule has 1 atom stereocenters.